The fraction of sp³-hybridized carbons (Fsp3) is 0.625. The molecule has 0 aromatic heterocycles. The lowest BCUT2D eigenvalue weighted by molar-refractivity contribution is -0.119. The van der Waals surface area contributed by atoms with Gasteiger partial charge in [0.2, 0.25) is 23.1 Å². The van der Waals surface area contributed by atoms with E-state index >= 15 is 0 Å². The van der Waals surface area contributed by atoms with Crippen molar-refractivity contribution in [2.75, 3.05) is 26.4 Å². The van der Waals surface area contributed by atoms with Gasteiger partial charge in [-0.3, -0.25) is 9.59 Å². The Kier molecular flexibility index (Phi) is 10.3. The highest BCUT2D eigenvalue weighted by molar-refractivity contribution is 5.92. The summed E-state index contributed by atoms with van der Waals surface area (Å²) in [5.41, 5.74) is 0. The van der Waals surface area contributed by atoms with Crippen molar-refractivity contribution in [1.82, 2.24) is 0 Å². The molecule has 0 unspecified atom stereocenters. The van der Waals surface area contributed by atoms with Gasteiger partial charge in [-0.05, 0) is 27.7 Å². The molecule has 0 saturated heterocycles. The Labute approximate surface area is 137 Å². The minimum atomic E-state index is -0.369. The van der Waals surface area contributed by atoms with Crippen molar-refractivity contribution in [2.24, 2.45) is 0 Å². The highest BCUT2D eigenvalue weighted by Crippen LogP contribution is 2.20. The van der Waals surface area contributed by atoms with E-state index in [9.17, 15) is 9.59 Å². The third-order valence-corrected chi connectivity index (χ3v) is 2.32. The molecule has 132 valence electrons. The maximum absolute atomic E-state index is 11.7. The van der Waals surface area contributed by atoms with E-state index in [4.69, 9.17) is 23.7 Å². The van der Waals surface area contributed by atoms with E-state index in [1.807, 2.05) is 0 Å². The Morgan fingerprint density at radius 3 is 1.13 bits per heavy atom. The van der Waals surface area contributed by atoms with Crippen LogP contribution in [0.15, 0.2) is 23.4 Å². The van der Waals surface area contributed by atoms with Gasteiger partial charge in [0, 0.05) is 13.8 Å². The van der Waals surface area contributed by atoms with Gasteiger partial charge in [0.15, 0.2) is 0 Å². The molecule has 0 rings (SSSR count). The van der Waals surface area contributed by atoms with Crippen LogP contribution >= 0.6 is 0 Å². The third-order valence-electron chi connectivity index (χ3n) is 2.32. The molecule has 0 aromatic carbocycles. The van der Waals surface area contributed by atoms with Crippen LogP contribution in [0.4, 0.5) is 0 Å². The normalized spacial score (nSPS) is 12.6. The minimum Gasteiger partial charge on any atom is -0.484 e. The molecule has 0 aromatic rings. The molecule has 0 saturated carbocycles. The summed E-state index contributed by atoms with van der Waals surface area (Å²) in [5.74, 6) is -1.22. The standard InChI is InChI=1S/C16H26O7/c1-7-19-13(11(5)17)15(21-9-3)23-16(22-10-4)14(12(6)18)20-8-2/h7-10H2,1-6H3. The zero-order valence-electron chi connectivity index (χ0n) is 14.7. The van der Waals surface area contributed by atoms with Crippen LogP contribution in [0.2, 0.25) is 0 Å². The van der Waals surface area contributed by atoms with Crippen molar-refractivity contribution >= 4 is 11.6 Å². The van der Waals surface area contributed by atoms with Crippen LogP contribution in [0.1, 0.15) is 41.5 Å². The summed E-state index contributed by atoms with van der Waals surface area (Å²) >= 11 is 0. The second kappa shape index (κ2) is 11.4. The number of ether oxygens (including phenoxy) is 5. The van der Waals surface area contributed by atoms with Gasteiger partial charge >= 0.3 is 11.9 Å². The van der Waals surface area contributed by atoms with Crippen LogP contribution in [0, 0.1) is 0 Å². The van der Waals surface area contributed by atoms with Crippen molar-refractivity contribution in [1.29, 1.82) is 0 Å². The highest BCUT2D eigenvalue weighted by atomic mass is 16.8. The number of allylic oxidation sites excluding steroid dienone is 2. The average molecular weight is 330 g/mol. The summed E-state index contributed by atoms with van der Waals surface area (Å²) in [6.07, 6.45) is 0. The van der Waals surface area contributed by atoms with Crippen LogP contribution < -0.4 is 0 Å². The minimum absolute atomic E-state index is 0.0778. The number of hydrogen-bond acceptors (Lipinski definition) is 7. The Balaban J connectivity index is 5.88. The second-order valence-corrected chi connectivity index (χ2v) is 4.18. The van der Waals surface area contributed by atoms with Crippen LogP contribution in [-0.2, 0) is 33.3 Å². The molecule has 0 atom stereocenters. The molecule has 7 heteroatoms. The Morgan fingerprint density at radius 1 is 0.609 bits per heavy atom. The molecule has 0 fully saturated rings. The van der Waals surface area contributed by atoms with E-state index in [0.29, 0.717) is 0 Å². The van der Waals surface area contributed by atoms with Gasteiger partial charge in [-0.25, -0.2) is 0 Å². The van der Waals surface area contributed by atoms with Crippen molar-refractivity contribution in [3.05, 3.63) is 23.4 Å². The molecular formula is C16H26O7. The summed E-state index contributed by atoms with van der Waals surface area (Å²) in [7, 11) is 0. The molecule has 0 aliphatic rings. The first-order valence-corrected chi connectivity index (χ1v) is 7.62. The molecular weight excluding hydrogens is 304 g/mol. The fourth-order valence-corrected chi connectivity index (χ4v) is 1.53. The summed E-state index contributed by atoms with van der Waals surface area (Å²) in [6, 6.07) is 0. The van der Waals surface area contributed by atoms with Gasteiger partial charge in [-0.1, -0.05) is 0 Å². The molecule has 0 aliphatic heterocycles. The van der Waals surface area contributed by atoms with E-state index in [0.717, 1.165) is 0 Å². The Bertz CT molecular complexity index is 421. The number of hydrogen-bond donors (Lipinski definition) is 0. The van der Waals surface area contributed by atoms with Crippen LogP contribution in [0.5, 0.6) is 0 Å². The van der Waals surface area contributed by atoms with E-state index in [1.165, 1.54) is 13.8 Å². The molecule has 0 amide bonds. The van der Waals surface area contributed by atoms with Gasteiger partial charge in [-0.15, -0.1) is 0 Å². The Morgan fingerprint density at radius 2 is 0.913 bits per heavy atom. The SMILES string of the molecule is CCOC(OC(OCC)=C(OCC)C(C)=O)=C(OCC)C(C)=O. The van der Waals surface area contributed by atoms with E-state index in [-0.39, 0.29) is 61.4 Å². The van der Waals surface area contributed by atoms with Gasteiger partial charge in [0.25, 0.3) is 0 Å². The predicted octanol–water partition coefficient (Wildman–Crippen LogP) is 2.67. The molecule has 0 spiro atoms. The summed E-state index contributed by atoms with van der Waals surface area (Å²) in [6.45, 7) is 10.6. The maximum atomic E-state index is 11.7. The maximum Gasteiger partial charge on any atom is 0.335 e. The summed E-state index contributed by atoms with van der Waals surface area (Å²) in [5, 5.41) is 0. The first-order chi connectivity index (χ1) is 10.9. The zero-order valence-corrected chi connectivity index (χ0v) is 14.7. The van der Waals surface area contributed by atoms with E-state index in [2.05, 4.69) is 0 Å². The number of Topliss-reactive ketones (excluding diaryl/α,β-unsaturated/α-hetero) is 2. The van der Waals surface area contributed by atoms with Crippen molar-refractivity contribution < 1.29 is 33.3 Å². The van der Waals surface area contributed by atoms with Crippen molar-refractivity contribution in [3.63, 3.8) is 0 Å². The molecule has 0 heterocycles. The van der Waals surface area contributed by atoms with Crippen LogP contribution in [-0.4, -0.2) is 38.0 Å². The topological polar surface area (TPSA) is 80.3 Å². The summed E-state index contributed by atoms with van der Waals surface area (Å²) in [4.78, 5) is 23.4. The molecule has 0 bridgehead atoms. The van der Waals surface area contributed by atoms with E-state index < -0.39 is 0 Å². The summed E-state index contributed by atoms with van der Waals surface area (Å²) < 4.78 is 26.7. The lowest BCUT2D eigenvalue weighted by Gasteiger charge is -2.18. The third kappa shape index (κ3) is 7.08. The highest BCUT2D eigenvalue weighted by Gasteiger charge is 2.24. The van der Waals surface area contributed by atoms with Crippen molar-refractivity contribution in [3.8, 4) is 0 Å². The average Bonchev–Trinajstić information content (AvgIpc) is 2.48. The monoisotopic (exact) mass is 330 g/mol. The second-order valence-electron chi connectivity index (χ2n) is 4.18. The molecule has 0 radical (unpaired) electrons. The van der Waals surface area contributed by atoms with Gasteiger partial charge in [-0.2, -0.15) is 0 Å². The smallest absolute Gasteiger partial charge is 0.335 e. The lowest BCUT2D eigenvalue weighted by Crippen LogP contribution is -2.15. The van der Waals surface area contributed by atoms with Gasteiger partial charge in [0.05, 0.1) is 26.4 Å². The molecule has 0 aliphatic carbocycles. The molecule has 7 nitrogen and oxygen atoms in total. The largest absolute Gasteiger partial charge is 0.484 e. The first-order valence-electron chi connectivity index (χ1n) is 7.62. The quantitative estimate of drug-likeness (QED) is 0.402. The first kappa shape index (κ1) is 20.8. The van der Waals surface area contributed by atoms with Crippen molar-refractivity contribution in [2.45, 2.75) is 41.5 Å². The van der Waals surface area contributed by atoms with Gasteiger partial charge in [0.1, 0.15) is 0 Å². The zero-order chi connectivity index (χ0) is 17.8. The molecule has 23 heavy (non-hydrogen) atoms. The molecule has 0 N–H and O–H groups in total. The van der Waals surface area contributed by atoms with Crippen LogP contribution in [0.3, 0.4) is 0 Å². The number of ketones is 2. The van der Waals surface area contributed by atoms with Crippen LogP contribution in [0.25, 0.3) is 0 Å². The number of carbonyl (C=O) groups is 2. The van der Waals surface area contributed by atoms with Gasteiger partial charge < -0.3 is 23.7 Å². The predicted molar refractivity (Wildman–Crippen MR) is 83.0 cm³/mol. The fourth-order valence-electron chi connectivity index (χ4n) is 1.53. The Hall–Kier alpha value is -2.18. The lowest BCUT2D eigenvalue weighted by atomic mass is 10.3. The number of carbonyl (C=O) groups excluding carboxylic acids is 2. The van der Waals surface area contributed by atoms with E-state index in [1.54, 1.807) is 27.7 Å². The number of rotatable bonds is 12.